The summed E-state index contributed by atoms with van der Waals surface area (Å²) >= 11 is 0. The molecule has 0 saturated carbocycles. The van der Waals surface area contributed by atoms with Gasteiger partial charge in [0.1, 0.15) is 11.6 Å². The lowest BCUT2D eigenvalue weighted by Gasteiger charge is -2.19. The second kappa shape index (κ2) is 5.55. The van der Waals surface area contributed by atoms with E-state index in [0.29, 0.717) is 0 Å². The molecule has 3 aromatic rings. The Bertz CT molecular complexity index is 784. The van der Waals surface area contributed by atoms with Gasteiger partial charge in [-0.1, -0.05) is 30.3 Å². The molecule has 1 unspecified atom stereocenters. The van der Waals surface area contributed by atoms with E-state index in [2.05, 4.69) is 10.4 Å². The average molecular weight is 285 g/mol. The molecule has 0 saturated heterocycles. The summed E-state index contributed by atoms with van der Waals surface area (Å²) in [7, 11) is 0. The second-order valence-corrected chi connectivity index (χ2v) is 4.72. The van der Waals surface area contributed by atoms with Crippen molar-refractivity contribution < 1.29 is 8.78 Å². The zero-order valence-corrected chi connectivity index (χ0v) is 11.1. The van der Waals surface area contributed by atoms with E-state index >= 15 is 0 Å². The Hall–Kier alpha value is -2.37. The molecule has 1 aromatic heterocycles. The first kappa shape index (κ1) is 13.6. The largest absolute Gasteiger partial charge is 0.271 e. The predicted molar refractivity (Wildman–Crippen MR) is 77.3 cm³/mol. The zero-order chi connectivity index (χ0) is 14.8. The number of nitrogens with two attached hydrogens (primary N) is 1. The lowest BCUT2D eigenvalue weighted by molar-refractivity contribution is 0.542. The van der Waals surface area contributed by atoms with Crippen molar-refractivity contribution in [2.24, 2.45) is 5.84 Å². The van der Waals surface area contributed by atoms with Crippen molar-refractivity contribution in [3.63, 3.8) is 0 Å². The molecule has 3 nitrogen and oxygen atoms in total. The Morgan fingerprint density at radius 2 is 1.81 bits per heavy atom. The maximum absolute atomic E-state index is 14.0. The lowest BCUT2D eigenvalue weighted by atomic mass is 9.96. The van der Waals surface area contributed by atoms with Gasteiger partial charge in [0.2, 0.25) is 0 Å². The van der Waals surface area contributed by atoms with Gasteiger partial charge < -0.3 is 0 Å². The molecule has 0 aliphatic rings. The molecule has 0 bridgehead atoms. The van der Waals surface area contributed by atoms with Gasteiger partial charge in [-0.05, 0) is 11.5 Å². The number of aromatic nitrogens is 1. The Kier molecular flexibility index (Phi) is 3.60. The molecular weight excluding hydrogens is 272 g/mol. The number of hydrazine groups is 1. The van der Waals surface area contributed by atoms with Gasteiger partial charge in [-0.25, -0.2) is 14.2 Å². The molecule has 21 heavy (non-hydrogen) atoms. The first-order valence-electron chi connectivity index (χ1n) is 6.44. The van der Waals surface area contributed by atoms with Gasteiger partial charge in [0.15, 0.2) is 0 Å². The van der Waals surface area contributed by atoms with Crippen molar-refractivity contribution in [2.45, 2.75) is 6.04 Å². The minimum atomic E-state index is -0.647. The lowest BCUT2D eigenvalue weighted by Crippen LogP contribution is -2.29. The summed E-state index contributed by atoms with van der Waals surface area (Å²) in [5, 5.41) is 1.84. The van der Waals surface area contributed by atoms with Crippen LogP contribution in [-0.2, 0) is 0 Å². The summed E-state index contributed by atoms with van der Waals surface area (Å²) < 4.78 is 27.1. The molecule has 106 valence electrons. The Morgan fingerprint density at radius 3 is 2.57 bits per heavy atom. The fourth-order valence-electron chi connectivity index (χ4n) is 2.45. The molecule has 1 heterocycles. The summed E-state index contributed by atoms with van der Waals surface area (Å²) in [6.07, 6.45) is 3.36. The van der Waals surface area contributed by atoms with Crippen LogP contribution in [0, 0.1) is 11.6 Å². The summed E-state index contributed by atoms with van der Waals surface area (Å²) in [4.78, 5) is 4.16. The van der Waals surface area contributed by atoms with Crippen LogP contribution in [0.2, 0.25) is 0 Å². The highest BCUT2D eigenvalue weighted by molar-refractivity contribution is 5.85. The van der Waals surface area contributed by atoms with Crippen molar-refractivity contribution in [3.8, 4) is 0 Å². The predicted octanol–water partition coefficient (Wildman–Crippen LogP) is 3.07. The second-order valence-electron chi connectivity index (χ2n) is 4.72. The van der Waals surface area contributed by atoms with E-state index in [-0.39, 0.29) is 5.56 Å². The molecule has 3 rings (SSSR count). The van der Waals surface area contributed by atoms with Crippen LogP contribution in [0.25, 0.3) is 10.8 Å². The fraction of sp³-hybridized carbons (Fsp3) is 0.0625. The number of benzene rings is 2. The standard InChI is InChI=1S/C16H13F2N3/c17-11-5-6-13(15(18)7-11)16(21-19)14-9-20-8-10-3-1-2-4-12(10)14/h1-9,16,21H,19H2. The fourth-order valence-corrected chi connectivity index (χ4v) is 2.45. The Labute approximate surface area is 120 Å². The number of halogens is 2. The van der Waals surface area contributed by atoms with Crippen molar-refractivity contribution in [2.75, 3.05) is 0 Å². The highest BCUT2D eigenvalue weighted by Crippen LogP contribution is 2.29. The van der Waals surface area contributed by atoms with Gasteiger partial charge in [-0.2, -0.15) is 0 Å². The van der Waals surface area contributed by atoms with E-state index in [1.165, 1.54) is 12.1 Å². The summed E-state index contributed by atoms with van der Waals surface area (Å²) in [6.45, 7) is 0. The molecule has 1 atom stereocenters. The third-order valence-electron chi connectivity index (χ3n) is 3.45. The monoisotopic (exact) mass is 285 g/mol. The van der Waals surface area contributed by atoms with Crippen LogP contribution in [0.1, 0.15) is 17.2 Å². The summed E-state index contributed by atoms with van der Waals surface area (Å²) in [5.41, 5.74) is 3.60. The SMILES string of the molecule is NNC(c1ccc(F)cc1F)c1cncc2ccccc12. The zero-order valence-electron chi connectivity index (χ0n) is 11.1. The first-order chi connectivity index (χ1) is 10.2. The Morgan fingerprint density at radius 1 is 1.00 bits per heavy atom. The van der Waals surface area contributed by atoms with Crippen molar-refractivity contribution in [1.82, 2.24) is 10.4 Å². The Balaban J connectivity index is 2.18. The molecule has 2 aromatic carbocycles. The number of hydrogen-bond donors (Lipinski definition) is 2. The third-order valence-corrected chi connectivity index (χ3v) is 3.45. The molecule has 0 spiro atoms. The highest BCUT2D eigenvalue weighted by Gasteiger charge is 2.19. The number of nitrogens with zero attached hydrogens (tertiary/aromatic N) is 1. The number of hydrogen-bond acceptors (Lipinski definition) is 3. The molecule has 0 radical (unpaired) electrons. The van der Waals surface area contributed by atoms with Crippen LogP contribution >= 0.6 is 0 Å². The smallest absolute Gasteiger partial charge is 0.131 e. The third kappa shape index (κ3) is 2.49. The van der Waals surface area contributed by atoms with Crippen molar-refractivity contribution in [1.29, 1.82) is 0 Å². The quantitative estimate of drug-likeness (QED) is 0.574. The molecule has 3 N–H and O–H groups in total. The van der Waals surface area contributed by atoms with Gasteiger partial charge in [0.25, 0.3) is 0 Å². The van der Waals surface area contributed by atoms with Gasteiger partial charge in [0.05, 0.1) is 6.04 Å². The van der Waals surface area contributed by atoms with Crippen LogP contribution in [0.15, 0.2) is 54.9 Å². The number of nitrogens with one attached hydrogen (secondary N) is 1. The summed E-state index contributed by atoms with van der Waals surface area (Å²) in [6, 6.07) is 10.5. The van der Waals surface area contributed by atoms with E-state index < -0.39 is 17.7 Å². The summed E-state index contributed by atoms with van der Waals surface area (Å²) in [5.74, 6) is 4.33. The highest BCUT2D eigenvalue weighted by atomic mass is 19.1. The molecule has 0 aliphatic carbocycles. The van der Waals surface area contributed by atoms with Gasteiger partial charge in [0, 0.05) is 35.0 Å². The topological polar surface area (TPSA) is 50.9 Å². The number of fused-ring (bicyclic) bond motifs is 1. The molecule has 0 fully saturated rings. The van der Waals surface area contributed by atoms with Crippen LogP contribution < -0.4 is 11.3 Å². The van der Waals surface area contributed by atoms with Crippen LogP contribution in [0.3, 0.4) is 0 Å². The molecule has 0 amide bonds. The van der Waals surface area contributed by atoms with Crippen LogP contribution in [0.5, 0.6) is 0 Å². The van der Waals surface area contributed by atoms with E-state index in [0.717, 1.165) is 22.4 Å². The maximum Gasteiger partial charge on any atom is 0.131 e. The van der Waals surface area contributed by atoms with E-state index in [4.69, 9.17) is 5.84 Å². The van der Waals surface area contributed by atoms with E-state index in [1.54, 1.807) is 12.4 Å². The van der Waals surface area contributed by atoms with Gasteiger partial charge >= 0.3 is 0 Å². The van der Waals surface area contributed by atoms with Gasteiger partial charge in [-0.3, -0.25) is 10.8 Å². The molecule has 0 aliphatic heterocycles. The minimum Gasteiger partial charge on any atom is -0.271 e. The van der Waals surface area contributed by atoms with Crippen LogP contribution in [0.4, 0.5) is 8.78 Å². The van der Waals surface area contributed by atoms with E-state index in [1.807, 2.05) is 24.3 Å². The average Bonchev–Trinajstić information content (AvgIpc) is 2.50. The van der Waals surface area contributed by atoms with Crippen molar-refractivity contribution >= 4 is 10.8 Å². The molecule has 5 heteroatoms. The number of pyridine rings is 1. The maximum atomic E-state index is 14.0. The molecular formula is C16H13F2N3. The van der Waals surface area contributed by atoms with Crippen LogP contribution in [-0.4, -0.2) is 4.98 Å². The first-order valence-corrected chi connectivity index (χ1v) is 6.44. The van der Waals surface area contributed by atoms with E-state index in [9.17, 15) is 8.78 Å². The van der Waals surface area contributed by atoms with Gasteiger partial charge in [-0.15, -0.1) is 0 Å². The van der Waals surface area contributed by atoms with Crippen molar-refractivity contribution in [3.05, 3.63) is 77.6 Å². The normalized spacial score (nSPS) is 12.5. The minimum absolute atomic E-state index is 0.275. The number of rotatable bonds is 3.